The highest BCUT2D eigenvalue weighted by Crippen LogP contribution is 2.32. The quantitative estimate of drug-likeness (QED) is 0.637. The molecule has 0 unspecified atom stereocenters. The first-order valence-corrected chi connectivity index (χ1v) is 7.42. The molecular weight excluding hydrogens is 305 g/mol. The van der Waals surface area contributed by atoms with Gasteiger partial charge in [0, 0.05) is 22.6 Å². The predicted molar refractivity (Wildman–Crippen MR) is 88.8 cm³/mol. The van der Waals surface area contributed by atoms with Gasteiger partial charge in [0.15, 0.2) is 0 Å². The van der Waals surface area contributed by atoms with E-state index in [9.17, 15) is 0 Å². The molecule has 21 heavy (non-hydrogen) atoms. The van der Waals surface area contributed by atoms with Crippen molar-refractivity contribution >= 4 is 34.1 Å². The monoisotopic (exact) mass is 319 g/mol. The zero-order valence-corrected chi connectivity index (χ0v) is 13.4. The Kier molecular flexibility index (Phi) is 3.83. The molecule has 2 nitrogen and oxygen atoms in total. The number of aryl methyl sites for hydroxylation is 1. The Morgan fingerprint density at radius 1 is 1.05 bits per heavy atom. The van der Waals surface area contributed by atoms with Crippen LogP contribution in [0, 0.1) is 6.92 Å². The van der Waals surface area contributed by atoms with E-state index in [0.717, 1.165) is 22.5 Å². The third kappa shape index (κ3) is 2.74. The third-order valence-corrected chi connectivity index (χ3v) is 4.18. The zero-order valence-electron chi connectivity index (χ0n) is 11.9. The maximum absolute atomic E-state index is 6.25. The van der Waals surface area contributed by atoms with Gasteiger partial charge in [-0.3, -0.25) is 0 Å². The van der Waals surface area contributed by atoms with Crippen LogP contribution in [0.15, 0.2) is 42.5 Å². The number of halogens is 2. The summed E-state index contributed by atoms with van der Waals surface area (Å²) in [7, 11) is 1.63. The van der Waals surface area contributed by atoms with E-state index < -0.39 is 0 Å². The highest BCUT2D eigenvalue weighted by molar-refractivity contribution is 6.32. The van der Waals surface area contributed by atoms with Crippen LogP contribution in [0.25, 0.3) is 10.9 Å². The van der Waals surface area contributed by atoms with Gasteiger partial charge in [-0.2, -0.15) is 0 Å². The molecule has 0 fully saturated rings. The number of aromatic nitrogens is 1. The van der Waals surface area contributed by atoms with E-state index in [-0.39, 0.29) is 0 Å². The fourth-order valence-corrected chi connectivity index (χ4v) is 2.90. The van der Waals surface area contributed by atoms with Crippen LogP contribution >= 0.6 is 23.2 Å². The summed E-state index contributed by atoms with van der Waals surface area (Å²) < 4.78 is 7.52. The Balaban J connectivity index is 2.07. The number of nitrogens with zero attached hydrogens (tertiary/aromatic N) is 1. The molecule has 1 aromatic heterocycles. The van der Waals surface area contributed by atoms with Crippen molar-refractivity contribution in [3.05, 3.63) is 63.8 Å². The zero-order chi connectivity index (χ0) is 15.0. The fourth-order valence-electron chi connectivity index (χ4n) is 2.54. The van der Waals surface area contributed by atoms with E-state index in [1.807, 2.05) is 36.4 Å². The average molecular weight is 320 g/mol. The Labute approximate surface area is 133 Å². The largest absolute Gasteiger partial charge is 0.495 e. The molecule has 0 saturated heterocycles. The van der Waals surface area contributed by atoms with E-state index in [2.05, 4.69) is 17.6 Å². The topological polar surface area (TPSA) is 14.2 Å². The number of methoxy groups -OCH3 is 1. The summed E-state index contributed by atoms with van der Waals surface area (Å²) in [5.41, 5.74) is 3.49. The first kappa shape index (κ1) is 14.3. The van der Waals surface area contributed by atoms with Gasteiger partial charge in [0.05, 0.1) is 17.6 Å². The van der Waals surface area contributed by atoms with Gasteiger partial charge in [-0.15, -0.1) is 0 Å². The van der Waals surface area contributed by atoms with Gasteiger partial charge >= 0.3 is 0 Å². The first-order valence-electron chi connectivity index (χ1n) is 6.66. The lowest BCUT2D eigenvalue weighted by Crippen LogP contribution is -2.01. The van der Waals surface area contributed by atoms with Gasteiger partial charge in [0.25, 0.3) is 0 Å². The minimum Gasteiger partial charge on any atom is -0.495 e. The summed E-state index contributed by atoms with van der Waals surface area (Å²) >= 11 is 12.2. The number of hydrogen-bond donors (Lipinski definition) is 0. The van der Waals surface area contributed by atoms with Gasteiger partial charge in [0.1, 0.15) is 5.75 Å². The van der Waals surface area contributed by atoms with Crippen molar-refractivity contribution in [3.63, 3.8) is 0 Å². The second kappa shape index (κ2) is 5.63. The summed E-state index contributed by atoms with van der Waals surface area (Å²) in [6.07, 6.45) is 0. The molecule has 0 N–H and O–H groups in total. The Bertz CT molecular complexity index is 791. The molecule has 0 atom stereocenters. The molecular formula is C17H15Cl2NO. The standard InChI is InChI=1S/C17H15Cl2NO/c1-11-7-13-8-17(21-2)15(19)9-16(13)20(11)10-12-3-5-14(18)6-4-12/h3-9H,10H2,1-2H3. The van der Waals surface area contributed by atoms with Gasteiger partial charge in [-0.1, -0.05) is 35.3 Å². The van der Waals surface area contributed by atoms with Crippen molar-refractivity contribution in [1.29, 1.82) is 0 Å². The molecule has 0 aliphatic rings. The molecule has 0 aliphatic carbocycles. The van der Waals surface area contributed by atoms with Crippen molar-refractivity contribution < 1.29 is 4.74 Å². The molecule has 3 aromatic rings. The second-order valence-corrected chi connectivity index (χ2v) is 5.89. The molecule has 0 aliphatic heterocycles. The second-order valence-electron chi connectivity index (χ2n) is 5.04. The first-order chi connectivity index (χ1) is 10.1. The lowest BCUT2D eigenvalue weighted by molar-refractivity contribution is 0.415. The highest BCUT2D eigenvalue weighted by atomic mass is 35.5. The summed E-state index contributed by atoms with van der Waals surface area (Å²) in [6.45, 7) is 2.88. The van der Waals surface area contributed by atoms with Crippen LogP contribution in [-0.4, -0.2) is 11.7 Å². The summed E-state index contributed by atoms with van der Waals surface area (Å²) in [5, 5.41) is 2.50. The Morgan fingerprint density at radius 3 is 2.43 bits per heavy atom. The fraction of sp³-hybridized carbons (Fsp3) is 0.176. The number of benzene rings is 2. The minimum atomic E-state index is 0.625. The molecule has 0 bridgehead atoms. The average Bonchev–Trinajstić information content (AvgIpc) is 2.76. The molecule has 3 rings (SSSR count). The molecule has 108 valence electrons. The number of rotatable bonds is 3. The van der Waals surface area contributed by atoms with Crippen LogP contribution in [0.1, 0.15) is 11.3 Å². The minimum absolute atomic E-state index is 0.625. The van der Waals surface area contributed by atoms with Crippen molar-refractivity contribution in [3.8, 4) is 5.75 Å². The van der Waals surface area contributed by atoms with E-state index in [1.54, 1.807) is 7.11 Å². The molecule has 1 heterocycles. The normalized spacial score (nSPS) is 11.0. The van der Waals surface area contributed by atoms with Crippen LogP contribution in [0.5, 0.6) is 5.75 Å². The summed E-state index contributed by atoms with van der Waals surface area (Å²) in [4.78, 5) is 0. The lowest BCUT2D eigenvalue weighted by Gasteiger charge is -2.10. The van der Waals surface area contributed by atoms with Crippen LogP contribution in [0.4, 0.5) is 0 Å². The van der Waals surface area contributed by atoms with Crippen LogP contribution in [0.3, 0.4) is 0 Å². The summed E-state index contributed by atoms with van der Waals surface area (Å²) in [6, 6.07) is 14.0. The third-order valence-electron chi connectivity index (χ3n) is 3.64. The Hall–Kier alpha value is -1.64. The van der Waals surface area contributed by atoms with Gasteiger partial charge in [0.2, 0.25) is 0 Å². The van der Waals surface area contributed by atoms with Gasteiger partial charge in [-0.25, -0.2) is 0 Å². The maximum atomic E-state index is 6.25. The molecule has 0 spiro atoms. The molecule has 0 saturated carbocycles. The SMILES string of the molecule is COc1cc2cc(C)n(Cc3ccc(Cl)cc3)c2cc1Cl. The number of hydrogen-bond acceptors (Lipinski definition) is 1. The molecule has 0 amide bonds. The van der Waals surface area contributed by atoms with E-state index in [1.165, 1.54) is 11.3 Å². The smallest absolute Gasteiger partial charge is 0.138 e. The van der Waals surface area contributed by atoms with Crippen molar-refractivity contribution in [2.75, 3.05) is 7.11 Å². The van der Waals surface area contributed by atoms with E-state index in [4.69, 9.17) is 27.9 Å². The highest BCUT2D eigenvalue weighted by Gasteiger charge is 2.10. The molecule has 0 radical (unpaired) electrons. The molecule has 4 heteroatoms. The van der Waals surface area contributed by atoms with E-state index in [0.29, 0.717) is 10.8 Å². The lowest BCUT2D eigenvalue weighted by atomic mass is 10.2. The number of ether oxygens (including phenoxy) is 1. The van der Waals surface area contributed by atoms with Gasteiger partial charge < -0.3 is 9.30 Å². The van der Waals surface area contributed by atoms with Crippen LogP contribution < -0.4 is 4.74 Å². The number of fused-ring (bicyclic) bond motifs is 1. The van der Waals surface area contributed by atoms with Crippen molar-refractivity contribution in [2.24, 2.45) is 0 Å². The predicted octanol–water partition coefficient (Wildman–Crippen LogP) is 5.31. The maximum Gasteiger partial charge on any atom is 0.138 e. The van der Waals surface area contributed by atoms with Crippen molar-refractivity contribution in [2.45, 2.75) is 13.5 Å². The Morgan fingerprint density at radius 2 is 1.76 bits per heavy atom. The van der Waals surface area contributed by atoms with Crippen LogP contribution in [0.2, 0.25) is 10.0 Å². The molecule has 2 aromatic carbocycles. The van der Waals surface area contributed by atoms with E-state index >= 15 is 0 Å². The summed E-state index contributed by atoms with van der Waals surface area (Å²) in [5.74, 6) is 0.702. The van der Waals surface area contributed by atoms with Crippen LogP contribution in [-0.2, 0) is 6.54 Å². The van der Waals surface area contributed by atoms with Crippen molar-refractivity contribution in [1.82, 2.24) is 4.57 Å². The van der Waals surface area contributed by atoms with Gasteiger partial charge in [-0.05, 0) is 42.8 Å².